The summed E-state index contributed by atoms with van der Waals surface area (Å²) in [7, 11) is -3.40. The van der Waals surface area contributed by atoms with Gasteiger partial charge < -0.3 is 5.32 Å². The highest BCUT2D eigenvalue weighted by Gasteiger charge is 2.27. The first-order valence-electron chi connectivity index (χ1n) is 7.73. The molecule has 1 aliphatic rings. The van der Waals surface area contributed by atoms with Crippen molar-refractivity contribution in [2.45, 2.75) is 51.5 Å². The molecule has 1 aliphatic carbocycles. The van der Waals surface area contributed by atoms with E-state index in [0.29, 0.717) is 29.8 Å². The maximum Gasteiger partial charge on any atom is 0.241 e. The molecule has 1 heterocycles. The highest BCUT2D eigenvalue weighted by molar-refractivity contribution is 7.89. The first-order valence-corrected chi connectivity index (χ1v) is 10.1. The van der Waals surface area contributed by atoms with Crippen molar-refractivity contribution in [2.75, 3.05) is 13.1 Å². The van der Waals surface area contributed by atoms with Gasteiger partial charge in [-0.1, -0.05) is 26.7 Å². The summed E-state index contributed by atoms with van der Waals surface area (Å²) in [6.07, 6.45) is 3.57. The smallest absolute Gasteiger partial charge is 0.241 e. The van der Waals surface area contributed by atoms with E-state index in [9.17, 15) is 8.42 Å². The van der Waals surface area contributed by atoms with E-state index in [1.807, 2.05) is 19.2 Å². The lowest BCUT2D eigenvalue weighted by Gasteiger charge is -2.16. The zero-order valence-electron chi connectivity index (χ0n) is 13.1. The lowest BCUT2D eigenvalue weighted by atomic mass is 9.99. The van der Waals surface area contributed by atoms with Crippen LogP contribution in [0, 0.1) is 18.8 Å². The molecule has 2 unspecified atom stereocenters. The van der Waals surface area contributed by atoms with Crippen molar-refractivity contribution in [2.24, 2.45) is 11.8 Å². The number of rotatable bonds is 7. The lowest BCUT2D eigenvalue weighted by Crippen LogP contribution is -2.31. The second kappa shape index (κ2) is 7.22. The van der Waals surface area contributed by atoms with Gasteiger partial charge in [0.15, 0.2) is 0 Å². The van der Waals surface area contributed by atoms with Crippen LogP contribution >= 0.6 is 11.3 Å². The molecule has 0 spiro atoms. The molecular formula is C15H26N2O2S2. The van der Waals surface area contributed by atoms with Gasteiger partial charge in [-0.15, -0.1) is 11.3 Å². The summed E-state index contributed by atoms with van der Waals surface area (Å²) in [5, 5.41) is 5.14. The van der Waals surface area contributed by atoms with Crippen LogP contribution in [0.15, 0.2) is 10.3 Å². The Bertz CT molecular complexity index is 566. The number of nitrogens with one attached hydrogen (secondary N) is 2. The topological polar surface area (TPSA) is 58.2 Å². The number of aryl methyl sites for hydroxylation is 1. The van der Waals surface area contributed by atoms with Crippen LogP contribution in [0.25, 0.3) is 0 Å². The fourth-order valence-electron chi connectivity index (χ4n) is 3.02. The molecule has 21 heavy (non-hydrogen) atoms. The Morgan fingerprint density at radius 2 is 2.14 bits per heavy atom. The van der Waals surface area contributed by atoms with Gasteiger partial charge in [0.2, 0.25) is 10.0 Å². The van der Waals surface area contributed by atoms with Crippen molar-refractivity contribution >= 4 is 21.4 Å². The van der Waals surface area contributed by atoms with Crippen molar-refractivity contribution in [3.05, 3.63) is 15.8 Å². The molecule has 1 aromatic heterocycles. The summed E-state index contributed by atoms with van der Waals surface area (Å²) in [4.78, 5) is 1.39. The normalized spacial score (nSPS) is 22.8. The predicted octanol–water partition coefficient (Wildman–Crippen LogP) is 2.88. The van der Waals surface area contributed by atoms with Gasteiger partial charge in [0.1, 0.15) is 4.90 Å². The summed E-state index contributed by atoms with van der Waals surface area (Å²) in [5.41, 5.74) is 0.847. The van der Waals surface area contributed by atoms with Gasteiger partial charge in [-0.25, -0.2) is 13.1 Å². The van der Waals surface area contributed by atoms with Gasteiger partial charge >= 0.3 is 0 Å². The predicted molar refractivity (Wildman–Crippen MR) is 88.1 cm³/mol. The van der Waals surface area contributed by atoms with Gasteiger partial charge in [0, 0.05) is 18.0 Å². The molecule has 0 aromatic carbocycles. The Balaban J connectivity index is 2.09. The summed E-state index contributed by atoms with van der Waals surface area (Å²) < 4.78 is 28.1. The highest BCUT2D eigenvalue weighted by atomic mass is 32.2. The zero-order chi connectivity index (χ0) is 15.5. The molecule has 0 amide bonds. The number of hydrogen-bond donors (Lipinski definition) is 2. The molecule has 120 valence electrons. The average Bonchev–Trinajstić information content (AvgIpc) is 3.00. The molecule has 0 aliphatic heterocycles. The van der Waals surface area contributed by atoms with Crippen LogP contribution in [0.3, 0.4) is 0 Å². The lowest BCUT2D eigenvalue weighted by molar-refractivity contribution is 0.414. The minimum Gasteiger partial charge on any atom is -0.312 e. The maximum atomic E-state index is 12.6. The molecule has 2 rings (SSSR count). The number of hydrogen-bond acceptors (Lipinski definition) is 4. The largest absolute Gasteiger partial charge is 0.312 e. The van der Waals surface area contributed by atoms with E-state index < -0.39 is 10.0 Å². The number of sulfonamides is 1. The Morgan fingerprint density at radius 1 is 1.38 bits per heavy atom. The minimum absolute atomic E-state index is 0.482. The highest BCUT2D eigenvalue weighted by Crippen LogP contribution is 2.31. The van der Waals surface area contributed by atoms with Crippen molar-refractivity contribution in [1.29, 1.82) is 0 Å². The van der Waals surface area contributed by atoms with Crippen LogP contribution < -0.4 is 10.0 Å². The third kappa shape index (κ3) is 4.06. The summed E-state index contributed by atoms with van der Waals surface area (Å²) in [6.45, 7) is 8.14. The third-order valence-corrected chi connectivity index (χ3v) is 7.25. The first kappa shape index (κ1) is 16.9. The first-order chi connectivity index (χ1) is 9.95. The average molecular weight is 331 g/mol. The van der Waals surface area contributed by atoms with E-state index in [2.05, 4.69) is 17.0 Å². The molecule has 2 N–H and O–H groups in total. The molecule has 1 fully saturated rings. The van der Waals surface area contributed by atoms with Gasteiger partial charge in [-0.3, -0.25) is 0 Å². The SMILES string of the molecule is CCNCc1scc(C)c1S(=O)(=O)NCC1CCCC1C. The molecule has 0 radical (unpaired) electrons. The Labute approximate surface area is 132 Å². The quantitative estimate of drug-likeness (QED) is 0.808. The molecule has 0 saturated heterocycles. The fraction of sp³-hybridized carbons (Fsp3) is 0.733. The fourth-order valence-corrected chi connectivity index (χ4v) is 5.89. The van der Waals surface area contributed by atoms with Gasteiger partial charge in [-0.2, -0.15) is 0 Å². The third-order valence-electron chi connectivity index (χ3n) is 4.37. The van der Waals surface area contributed by atoms with Crippen LogP contribution in [0.1, 0.15) is 43.6 Å². The molecule has 4 nitrogen and oxygen atoms in total. The summed E-state index contributed by atoms with van der Waals surface area (Å²) >= 11 is 1.52. The minimum atomic E-state index is -3.40. The van der Waals surface area contributed by atoms with E-state index in [0.717, 1.165) is 23.4 Å². The van der Waals surface area contributed by atoms with E-state index in [4.69, 9.17) is 0 Å². The second-order valence-electron chi connectivity index (χ2n) is 5.97. The van der Waals surface area contributed by atoms with Gasteiger partial charge in [0.25, 0.3) is 0 Å². The van der Waals surface area contributed by atoms with Crippen LogP contribution in [-0.4, -0.2) is 21.5 Å². The molecule has 1 aromatic rings. The molecule has 0 bridgehead atoms. The van der Waals surface area contributed by atoms with E-state index >= 15 is 0 Å². The van der Waals surface area contributed by atoms with E-state index in [-0.39, 0.29) is 0 Å². The van der Waals surface area contributed by atoms with Crippen molar-refractivity contribution < 1.29 is 8.42 Å². The van der Waals surface area contributed by atoms with Crippen LogP contribution in [0.4, 0.5) is 0 Å². The van der Waals surface area contributed by atoms with Crippen molar-refractivity contribution in [3.63, 3.8) is 0 Å². The van der Waals surface area contributed by atoms with Gasteiger partial charge in [0.05, 0.1) is 0 Å². The molecule has 2 atom stereocenters. The van der Waals surface area contributed by atoms with Crippen LogP contribution in [0.2, 0.25) is 0 Å². The zero-order valence-corrected chi connectivity index (χ0v) is 14.7. The summed E-state index contributed by atoms with van der Waals surface area (Å²) in [6, 6.07) is 0. The van der Waals surface area contributed by atoms with Crippen LogP contribution in [0.5, 0.6) is 0 Å². The van der Waals surface area contributed by atoms with E-state index in [1.165, 1.54) is 24.2 Å². The summed E-state index contributed by atoms with van der Waals surface area (Å²) in [5.74, 6) is 1.11. The Hall–Kier alpha value is -0.430. The maximum absolute atomic E-state index is 12.6. The Morgan fingerprint density at radius 3 is 2.76 bits per heavy atom. The Kier molecular flexibility index (Phi) is 5.82. The molecular weight excluding hydrogens is 304 g/mol. The molecule has 1 saturated carbocycles. The monoisotopic (exact) mass is 330 g/mol. The van der Waals surface area contributed by atoms with Gasteiger partial charge in [-0.05, 0) is 42.7 Å². The number of thiophene rings is 1. The van der Waals surface area contributed by atoms with E-state index in [1.54, 1.807) is 0 Å². The standard InChI is InChI=1S/C15H26N2O2S2/c1-4-16-9-14-15(12(3)10-20-14)21(18,19)17-8-13-7-5-6-11(13)2/h10-11,13,16-17H,4-9H2,1-3H3. The second-order valence-corrected chi connectivity index (χ2v) is 8.64. The van der Waals surface area contributed by atoms with Crippen molar-refractivity contribution in [1.82, 2.24) is 10.0 Å². The van der Waals surface area contributed by atoms with Crippen molar-refractivity contribution in [3.8, 4) is 0 Å². The van der Waals surface area contributed by atoms with Crippen LogP contribution in [-0.2, 0) is 16.6 Å². The molecule has 6 heteroatoms.